The number of nitrogens with one attached hydrogen (secondary N) is 2. The highest BCUT2D eigenvalue weighted by molar-refractivity contribution is 5.92. The molecule has 0 spiro atoms. The van der Waals surface area contributed by atoms with E-state index in [4.69, 9.17) is 0 Å². The lowest BCUT2D eigenvalue weighted by Crippen LogP contribution is -2.46. The van der Waals surface area contributed by atoms with Crippen molar-refractivity contribution in [1.29, 1.82) is 0 Å². The van der Waals surface area contributed by atoms with E-state index >= 15 is 0 Å². The van der Waals surface area contributed by atoms with Crippen LogP contribution in [0.25, 0.3) is 0 Å². The molecule has 2 N–H and O–H groups in total. The number of anilines is 1. The fourth-order valence-corrected chi connectivity index (χ4v) is 3.06. The molecule has 0 bridgehead atoms. The molecule has 0 aromatic heterocycles. The molecule has 1 saturated carbocycles. The quantitative estimate of drug-likeness (QED) is 0.839. The third-order valence-corrected chi connectivity index (χ3v) is 4.41. The molecule has 0 unspecified atom stereocenters. The predicted octanol–water partition coefficient (Wildman–Crippen LogP) is 2.39. The van der Waals surface area contributed by atoms with E-state index in [0.29, 0.717) is 11.6 Å². The van der Waals surface area contributed by atoms with Crippen LogP contribution in [-0.2, 0) is 9.59 Å². The Morgan fingerprint density at radius 1 is 1.12 bits per heavy atom. The van der Waals surface area contributed by atoms with Gasteiger partial charge in [-0.1, -0.05) is 19.8 Å². The maximum absolute atomic E-state index is 12.8. The molecular weight excluding hydrogens is 309 g/mol. The van der Waals surface area contributed by atoms with E-state index in [9.17, 15) is 14.0 Å². The van der Waals surface area contributed by atoms with Crippen LogP contribution in [0.15, 0.2) is 24.3 Å². The Kier molecular flexibility index (Phi) is 6.73. The minimum absolute atomic E-state index is 0.0502. The van der Waals surface area contributed by atoms with Crippen LogP contribution in [0.1, 0.15) is 32.6 Å². The molecule has 5 nitrogen and oxygen atoms in total. The highest BCUT2D eigenvalue weighted by Gasteiger charge is 2.23. The summed E-state index contributed by atoms with van der Waals surface area (Å²) in [5.41, 5.74) is 0.537. The predicted molar refractivity (Wildman–Crippen MR) is 92.1 cm³/mol. The second kappa shape index (κ2) is 8.78. The van der Waals surface area contributed by atoms with Gasteiger partial charge in [0.2, 0.25) is 11.8 Å². The SMILES string of the molecule is C[C@@H]1CCCC[C@@H]1NC(=O)CN(C)CC(=O)Nc1ccc(F)cc1. The van der Waals surface area contributed by atoms with Gasteiger partial charge in [-0.3, -0.25) is 14.5 Å². The zero-order valence-corrected chi connectivity index (χ0v) is 14.3. The molecule has 0 heterocycles. The van der Waals surface area contributed by atoms with Crippen molar-refractivity contribution in [2.45, 2.75) is 38.6 Å². The van der Waals surface area contributed by atoms with Crippen LogP contribution in [0, 0.1) is 11.7 Å². The molecule has 2 rings (SSSR count). The number of halogens is 1. The molecular formula is C18H26FN3O2. The van der Waals surface area contributed by atoms with E-state index in [2.05, 4.69) is 17.6 Å². The van der Waals surface area contributed by atoms with Crippen LogP contribution in [0.5, 0.6) is 0 Å². The Bertz CT molecular complexity index is 562. The van der Waals surface area contributed by atoms with Crippen molar-refractivity contribution < 1.29 is 14.0 Å². The fraction of sp³-hybridized carbons (Fsp3) is 0.556. The number of hydrogen-bond donors (Lipinski definition) is 2. The number of benzene rings is 1. The van der Waals surface area contributed by atoms with Crippen LogP contribution in [-0.4, -0.2) is 42.9 Å². The highest BCUT2D eigenvalue weighted by Crippen LogP contribution is 2.23. The summed E-state index contributed by atoms with van der Waals surface area (Å²) in [5.74, 6) is -0.123. The van der Waals surface area contributed by atoms with Gasteiger partial charge in [-0.2, -0.15) is 0 Å². The highest BCUT2D eigenvalue weighted by atomic mass is 19.1. The first-order valence-electron chi connectivity index (χ1n) is 8.47. The van der Waals surface area contributed by atoms with Gasteiger partial charge < -0.3 is 10.6 Å². The van der Waals surface area contributed by atoms with Crippen molar-refractivity contribution >= 4 is 17.5 Å². The van der Waals surface area contributed by atoms with Crippen LogP contribution in [0.3, 0.4) is 0 Å². The largest absolute Gasteiger partial charge is 0.352 e. The molecule has 24 heavy (non-hydrogen) atoms. The second-order valence-corrected chi connectivity index (χ2v) is 6.66. The van der Waals surface area contributed by atoms with Gasteiger partial charge in [0.25, 0.3) is 0 Å². The molecule has 1 aliphatic carbocycles. The van der Waals surface area contributed by atoms with Gasteiger partial charge in [-0.25, -0.2) is 4.39 Å². The van der Waals surface area contributed by atoms with Crippen molar-refractivity contribution in [2.75, 3.05) is 25.5 Å². The van der Waals surface area contributed by atoms with E-state index in [1.807, 2.05) is 0 Å². The van der Waals surface area contributed by atoms with Gasteiger partial charge in [-0.05, 0) is 50.1 Å². The fourth-order valence-electron chi connectivity index (χ4n) is 3.06. The monoisotopic (exact) mass is 335 g/mol. The lowest BCUT2D eigenvalue weighted by Gasteiger charge is -2.30. The van der Waals surface area contributed by atoms with E-state index in [-0.39, 0.29) is 36.8 Å². The van der Waals surface area contributed by atoms with Crippen LogP contribution in [0.4, 0.5) is 10.1 Å². The molecule has 2 amide bonds. The van der Waals surface area contributed by atoms with E-state index in [1.54, 1.807) is 11.9 Å². The zero-order chi connectivity index (χ0) is 17.5. The Morgan fingerprint density at radius 2 is 1.75 bits per heavy atom. The van der Waals surface area contributed by atoms with Gasteiger partial charge >= 0.3 is 0 Å². The maximum atomic E-state index is 12.8. The van der Waals surface area contributed by atoms with E-state index in [0.717, 1.165) is 19.3 Å². The smallest absolute Gasteiger partial charge is 0.238 e. The summed E-state index contributed by atoms with van der Waals surface area (Å²) in [4.78, 5) is 25.7. The normalized spacial score (nSPS) is 20.7. The molecule has 1 aromatic carbocycles. The van der Waals surface area contributed by atoms with Crippen LogP contribution in [0.2, 0.25) is 0 Å². The molecule has 0 radical (unpaired) electrons. The lowest BCUT2D eigenvalue weighted by atomic mass is 9.86. The molecule has 6 heteroatoms. The van der Waals surface area contributed by atoms with E-state index < -0.39 is 0 Å². The Morgan fingerprint density at radius 3 is 2.42 bits per heavy atom. The van der Waals surface area contributed by atoms with Gasteiger partial charge in [-0.15, -0.1) is 0 Å². The second-order valence-electron chi connectivity index (χ2n) is 6.66. The first kappa shape index (κ1) is 18.4. The van der Waals surface area contributed by atoms with Crippen molar-refractivity contribution in [3.63, 3.8) is 0 Å². The van der Waals surface area contributed by atoms with Gasteiger partial charge in [0, 0.05) is 11.7 Å². The first-order chi connectivity index (χ1) is 11.4. The number of likely N-dealkylation sites (N-methyl/N-ethyl adjacent to an activating group) is 1. The Balaban J connectivity index is 1.73. The minimum atomic E-state index is -0.348. The van der Waals surface area contributed by atoms with Crippen molar-refractivity contribution in [1.82, 2.24) is 10.2 Å². The Labute approximate surface area is 142 Å². The average Bonchev–Trinajstić information content (AvgIpc) is 2.51. The molecule has 1 aromatic rings. The molecule has 0 aliphatic heterocycles. The summed E-state index contributed by atoms with van der Waals surface area (Å²) < 4.78 is 12.8. The number of nitrogens with zero attached hydrogens (tertiary/aromatic N) is 1. The molecule has 2 atom stereocenters. The van der Waals surface area contributed by atoms with Gasteiger partial charge in [0.05, 0.1) is 13.1 Å². The van der Waals surface area contributed by atoms with Crippen molar-refractivity contribution in [3.8, 4) is 0 Å². The van der Waals surface area contributed by atoms with Crippen LogP contribution >= 0.6 is 0 Å². The van der Waals surface area contributed by atoms with Gasteiger partial charge in [0.15, 0.2) is 0 Å². The molecule has 1 aliphatic rings. The average molecular weight is 335 g/mol. The summed E-state index contributed by atoms with van der Waals surface area (Å²) in [6, 6.07) is 5.83. The molecule has 1 fully saturated rings. The first-order valence-corrected chi connectivity index (χ1v) is 8.47. The number of rotatable bonds is 6. The Hall–Kier alpha value is -1.95. The van der Waals surface area contributed by atoms with Gasteiger partial charge in [0.1, 0.15) is 5.82 Å². The third-order valence-electron chi connectivity index (χ3n) is 4.41. The van der Waals surface area contributed by atoms with E-state index in [1.165, 1.54) is 30.7 Å². The summed E-state index contributed by atoms with van der Waals surface area (Å²) in [5, 5.41) is 5.76. The summed E-state index contributed by atoms with van der Waals surface area (Å²) in [7, 11) is 1.73. The minimum Gasteiger partial charge on any atom is -0.352 e. The number of carbonyl (C=O) groups is 2. The number of carbonyl (C=O) groups excluding carboxylic acids is 2. The zero-order valence-electron chi connectivity index (χ0n) is 14.3. The maximum Gasteiger partial charge on any atom is 0.238 e. The van der Waals surface area contributed by atoms with Crippen LogP contribution < -0.4 is 10.6 Å². The standard InChI is InChI=1S/C18H26FN3O2/c1-13-5-3-4-6-16(13)21-18(24)12-22(2)11-17(23)20-15-9-7-14(19)8-10-15/h7-10,13,16H,3-6,11-12H2,1-2H3,(H,20,23)(H,21,24)/t13-,16+/m1/s1. The van der Waals surface area contributed by atoms with Crippen molar-refractivity contribution in [2.24, 2.45) is 5.92 Å². The van der Waals surface area contributed by atoms with Crippen molar-refractivity contribution in [3.05, 3.63) is 30.1 Å². The summed E-state index contributed by atoms with van der Waals surface area (Å²) >= 11 is 0. The molecule has 132 valence electrons. The lowest BCUT2D eigenvalue weighted by molar-refractivity contribution is -0.124. The topological polar surface area (TPSA) is 61.4 Å². The summed E-state index contributed by atoms with van der Waals surface area (Å²) in [6.45, 7) is 2.45. The number of amides is 2. The number of hydrogen-bond acceptors (Lipinski definition) is 3. The third kappa shape index (κ3) is 5.92. The molecule has 0 saturated heterocycles. The summed E-state index contributed by atoms with van der Waals surface area (Å²) in [6.07, 6.45) is 4.57.